The highest BCUT2D eigenvalue weighted by molar-refractivity contribution is 7.98. The van der Waals surface area contributed by atoms with Gasteiger partial charge in [0, 0.05) is 6.54 Å². The molecule has 0 radical (unpaired) electrons. The Bertz CT molecular complexity index is 354. The second-order valence-electron chi connectivity index (χ2n) is 3.64. The van der Waals surface area contributed by atoms with Crippen LogP contribution in [-0.2, 0) is 17.9 Å². The molecule has 0 aliphatic carbocycles. The largest absolute Gasteiger partial charge is 0.347 e. The van der Waals surface area contributed by atoms with Crippen molar-refractivity contribution >= 4 is 17.7 Å². The van der Waals surface area contributed by atoms with Gasteiger partial charge >= 0.3 is 0 Å². The first-order valence-electron chi connectivity index (χ1n) is 5.58. The van der Waals surface area contributed by atoms with Gasteiger partial charge in [-0.15, -0.1) is 10.2 Å². The summed E-state index contributed by atoms with van der Waals surface area (Å²) < 4.78 is 1.88. The van der Waals surface area contributed by atoms with E-state index in [1.165, 1.54) is 0 Å². The molecule has 1 aromatic rings. The van der Waals surface area contributed by atoms with Crippen molar-refractivity contribution in [2.24, 2.45) is 5.73 Å². The minimum Gasteiger partial charge on any atom is -0.347 e. The molecule has 0 aliphatic heterocycles. The number of nitrogens with zero attached hydrogens (tertiary/aromatic N) is 3. The Morgan fingerprint density at radius 1 is 1.71 bits per heavy atom. The Labute approximate surface area is 105 Å². The quantitative estimate of drug-likeness (QED) is 0.718. The van der Waals surface area contributed by atoms with Gasteiger partial charge < -0.3 is 15.6 Å². The number of aryl methyl sites for hydroxylation is 1. The monoisotopic (exact) mass is 257 g/mol. The summed E-state index contributed by atoms with van der Waals surface area (Å²) in [5.74, 6) is 1.50. The smallest absolute Gasteiger partial charge is 0.237 e. The summed E-state index contributed by atoms with van der Waals surface area (Å²) >= 11 is 1.68. The number of thioether (sulfide) groups is 1. The number of nitrogens with one attached hydrogen (secondary N) is 1. The van der Waals surface area contributed by atoms with Gasteiger partial charge in [0.1, 0.15) is 6.33 Å². The number of carbonyl (C=O) groups excluding carboxylic acids is 1. The van der Waals surface area contributed by atoms with Crippen LogP contribution in [0.15, 0.2) is 6.33 Å². The van der Waals surface area contributed by atoms with E-state index in [4.69, 9.17) is 5.73 Å². The summed E-state index contributed by atoms with van der Waals surface area (Å²) in [5.41, 5.74) is 5.75. The molecule has 1 amide bonds. The lowest BCUT2D eigenvalue weighted by Crippen LogP contribution is -2.40. The number of carbonyl (C=O) groups is 1. The van der Waals surface area contributed by atoms with E-state index in [0.29, 0.717) is 13.0 Å². The van der Waals surface area contributed by atoms with Gasteiger partial charge in [-0.25, -0.2) is 0 Å². The molecule has 0 fully saturated rings. The Kier molecular flexibility index (Phi) is 5.99. The van der Waals surface area contributed by atoms with Crippen LogP contribution in [0.5, 0.6) is 0 Å². The van der Waals surface area contributed by atoms with Crippen LogP contribution in [0.4, 0.5) is 0 Å². The van der Waals surface area contributed by atoms with Gasteiger partial charge in [0.25, 0.3) is 0 Å². The summed E-state index contributed by atoms with van der Waals surface area (Å²) in [7, 11) is 0. The molecular formula is C10H19N5OS. The Balaban J connectivity index is 2.37. The lowest BCUT2D eigenvalue weighted by atomic mass is 10.2. The van der Waals surface area contributed by atoms with E-state index in [9.17, 15) is 4.79 Å². The third-order valence-electron chi connectivity index (χ3n) is 2.43. The molecule has 1 atom stereocenters. The van der Waals surface area contributed by atoms with E-state index in [-0.39, 0.29) is 5.91 Å². The molecule has 0 unspecified atom stereocenters. The standard InChI is InChI=1S/C10H19N5OS/c1-3-15-7-13-14-9(15)6-12-10(16)8(11)4-5-17-2/h7-8H,3-6,11H2,1-2H3,(H,12,16)/t8-/m0/s1. The van der Waals surface area contributed by atoms with E-state index in [0.717, 1.165) is 18.1 Å². The maximum absolute atomic E-state index is 11.6. The van der Waals surface area contributed by atoms with E-state index >= 15 is 0 Å². The highest BCUT2D eigenvalue weighted by Crippen LogP contribution is 1.99. The van der Waals surface area contributed by atoms with Gasteiger partial charge in [-0.3, -0.25) is 4.79 Å². The molecule has 0 aliphatic rings. The van der Waals surface area contributed by atoms with Crippen LogP contribution in [0.25, 0.3) is 0 Å². The Hall–Kier alpha value is -1.08. The second kappa shape index (κ2) is 7.29. The minimum absolute atomic E-state index is 0.135. The molecule has 17 heavy (non-hydrogen) atoms. The molecule has 1 aromatic heterocycles. The maximum Gasteiger partial charge on any atom is 0.237 e. The van der Waals surface area contributed by atoms with Crippen LogP contribution in [0.2, 0.25) is 0 Å². The first-order valence-corrected chi connectivity index (χ1v) is 6.97. The zero-order valence-electron chi connectivity index (χ0n) is 10.2. The molecule has 0 aromatic carbocycles. The van der Waals surface area contributed by atoms with Crippen LogP contribution in [-0.4, -0.2) is 38.7 Å². The first kappa shape index (κ1) is 14.0. The molecule has 6 nitrogen and oxygen atoms in total. The van der Waals surface area contributed by atoms with Crippen molar-refractivity contribution in [2.45, 2.75) is 32.5 Å². The van der Waals surface area contributed by atoms with Gasteiger partial charge in [-0.05, 0) is 25.4 Å². The summed E-state index contributed by atoms with van der Waals surface area (Å²) in [6.45, 7) is 3.16. The highest BCUT2D eigenvalue weighted by atomic mass is 32.2. The predicted octanol–water partition coefficient (Wildman–Crippen LogP) is -0.00540. The number of hydrogen-bond acceptors (Lipinski definition) is 5. The minimum atomic E-state index is -0.444. The van der Waals surface area contributed by atoms with Crippen LogP contribution in [0.3, 0.4) is 0 Å². The fourth-order valence-electron chi connectivity index (χ4n) is 1.35. The second-order valence-corrected chi connectivity index (χ2v) is 4.62. The van der Waals surface area contributed by atoms with Crippen LogP contribution in [0, 0.1) is 0 Å². The zero-order valence-corrected chi connectivity index (χ0v) is 11.0. The van der Waals surface area contributed by atoms with Crippen LogP contribution >= 0.6 is 11.8 Å². The average molecular weight is 257 g/mol. The van der Waals surface area contributed by atoms with Crippen molar-refractivity contribution in [3.05, 3.63) is 12.2 Å². The molecule has 7 heteroatoms. The van der Waals surface area contributed by atoms with Gasteiger partial charge in [0.2, 0.25) is 5.91 Å². The van der Waals surface area contributed by atoms with Crippen LogP contribution in [0.1, 0.15) is 19.2 Å². The summed E-state index contributed by atoms with van der Waals surface area (Å²) in [6.07, 6.45) is 4.33. The average Bonchev–Trinajstić information content (AvgIpc) is 2.80. The SMILES string of the molecule is CCn1cnnc1CNC(=O)[C@@H](N)CCSC. The topological polar surface area (TPSA) is 85.8 Å². The normalized spacial score (nSPS) is 12.4. The molecule has 0 bridgehead atoms. The Morgan fingerprint density at radius 2 is 2.47 bits per heavy atom. The van der Waals surface area contributed by atoms with E-state index in [1.54, 1.807) is 18.1 Å². The van der Waals surface area contributed by atoms with Crippen molar-refractivity contribution in [2.75, 3.05) is 12.0 Å². The van der Waals surface area contributed by atoms with E-state index in [1.807, 2.05) is 17.7 Å². The number of rotatable bonds is 7. The number of nitrogens with two attached hydrogens (primary N) is 1. The molecule has 1 heterocycles. The summed E-state index contributed by atoms with van der Waals surface area (Å²) in [4.78, 5) is 11.6. The highest BCUT2D eigenvalue weighted by Gasteiger charge is 2.13. The van der Waals surface area contributed by atoms with Crippen molar-refractivity contribution in [3.63, 3.8) is 0 Å². The molecule has 3 N–H and O–H groups in total. The Morgan fingerprint density at radius 3 is 3.12 bits per heavy atom. The zero-order chi connectivity index (χ0) is 12.7. The third-order valence-corrected chi connectivity index (χ3v) is 3.07. The molecule has 0 saturated carbocycles. The fourth-order valence-corrected chi connectivity index (χ4v) is 1.84. The molecule has 1 rings (SSSR count). The molecular weight excluding hydrogens is 238 g/mol. The number of aromatic nitrogens is 3. The summed E-state index contributed by atoms with van der Waals surface area (Å²) in [5, 5.41) is 10.5. The van der Waals surface area contributed by atoms with Crippen molar-refractivity contribution in [1.82, 2.24) is 20.1 Å². The molecule has 0 saturated heterocycles. The fraction of sp³-hybridized carbons (Fsp3) is 0.700. The lowest BCUT2D eigenvalue weighted by molar-refractivity contribution is -0.122. The van der Waals surface area contributed by atoms with Gasteiger partial charge in [0.15, 0.2) is 5.82 Å². The van der Waals surface area contributed by atoms with Gasteiger partial charge in [0.05, 0.1) is 12.6 Å². The molecule has 0 spiro atoms. The van der Waals surface area contributed by atoms with Crippen molar-refractivity contribution < 1.29 is 4.79 Å². The predicted molar refractivity (Wildman–Crippen MR) is 68.5 cm³/mol. The van der Waals surface area contributed by atoms with Gasteiger partial charge in [-0.2, -0.15) is 11.8 Å². The summed E-state index contributed by atoms with van der Waals surface area (Å²) in [6, 6.07) is -0.444. The lowest BCUT2D eigenvalue weighted by Gasteiger charge is -2.11. The van der Waals surface area contributed by atoms with Gasteiger partial charge in [-0.1, -0.05) is 0 Å². The van der Waals surface area contributed by atoms with Crippen molar-refractivity contribution in [3.8, 4) is 0 Å². The molecule has 96 valence electrons. The maximum atomic E-state index is 11.6. The van der Waals surface area contributed by atoms with Crippen LogP contribution < -0.4 is 11.1 Å². The van der Waals surface area contributed by atoms with E-state index < -0.39 is 6.04 Å². The number of hydrogen-bond donors (Lipinski definition) is 2. The number of amides is 1. The third kappa shape index (κ3) is 4.35. The van der Waals surface area contributed by atoms with E-state index in [2.05, 4.69) is 15.5 Å². The van der Waals surface area contributed by atoms with Crippen molar-refractivity contribution in [1.29, 1.82) is 0 Å². The first-order chi connectivity index (χ1) is 8.19.